The Balaban J connectivity index is 1.07. The lowest BCUT2D eigenvalue weighted by Gasteiger charge is -2.43. The highest BCUT2D eigenvalue weighted by molar-refractivity contribution is 5.91. The summed E-state index contributed by atoms with van der Waals surface area (Å²) in [5.74, 6) is -0.781. The number of phenols is 1. The summed E-state index contributed by atoms with van der Waals surface area (Å²) in [6.07, 6.45) is 3.07. The van der Waals surface area contributed by atoms with E-state index in [4.69, 9.17) is 9.84 Å². The standard InChI is InChI=1S/C38H52N6O7/c1-3-28-23-27(22-26(2)35(28)47)24-33(36(48)42-20-18-41(19-21-42)30-9-13-40(14-10-30)25-34(45)46)51-38(50)43-15-11-31(12-16-43)44-17-8-29-6-4-5-7-32(29)39-37(44)49/h4-7,22-23,30-31,33,47H,3,8-21,24-25H2,1-2H3,(H,39,49)(H,45,46). The van der Waals surface area contributed by atoms with Gasteiger partial charge in [0.2, 0.25) is 0 Å². The van der Waals surface area contributed by atoms with Crippen LogP contribution in [0.25, 0.3) is 0 Å². The average molecular weight is 705 g/mol. The minimum Gasteiger partial charge on any atom is -0.507 e. The highest BCUT2D eigenvalue weighted by Crippen LogP contribution is 2.28. The highest BCUT2D eigenvalue weighted by Gasteiger charge is 2.36. The minimum atomic E-state index is -1.02. The number of para-hydroxylation sites is 1. The Kier molecular flexibility index (Phi) is 11.7. The molecular weight excluding hydrogens is 652 g/mol. The summed E-state index contributed by atoms with van der Waals surface area (Å²) in [5, 5.41) is 22.7. The van der Waals surface area contributed by atoms with Crippen molar-refractivity contribution in [3.05, 3.63) is 58.7 Å². The van der Waals surface area contributed by atoms with Crippen molar-refractivity contribution in [3.8, 4) is 5.75 Å². The van der Waals surface area contributed by atoms with Crippen LogP contribution in [0.5, 0.6) is 5.75 Å². The zero-order valence-corrected chi connectivity index (χ0v) is 29.9. The molecule has 3 saturated heterocycles. The maximum atomic E-state index is 14.1. The van der Waals surface area contributed by atoms with Gasteiger partial charge in [-0.3, -0.25) is 19.4 Å². The van der Waals surface area contributed by atoms with Crippen LogP contribution in [0.1, 0.15) is 54.9 Å². The van der Waals surface area contributed by atoms with Gasteiger partial charge in [-0.05, 0) is 73.8 Å². The van der Waals surface area contributed by atoms with Crippen molar-refractivity contribution in [1.82, 2.24) is 24.5 Å². The second-order valence-electron chi connectivity index (χ2n) is 14.4. The van der Waals surface area contributed by atoms with E-state index in [2.05, 4.69) is 10.2 Å². The van der Waals surface area contributed by atoms with E-state index in [1.807, 2.05) is 60.0 Å². The molecule has 0 spiro atoms. The first-order chi connectivity index (χ1) is 24.6. The first-order valence-corrected chi connectivity index (χ1v) is 18.5. The molecule has 1 atom stereocenters. The number of urea groups is 1. The van der Waals surface area contributed by atoms with Crippen LogP contribution in [0.15, 0.2) is 36.4 Å². The topological polar surface area (TPSA) is 146 Å². The van der Waals surface area contributed by atoms with Crippen molar-refractivity contribution in [2.75, 3.05) is 70.8 Å². The summed E-state index contributed by atoms with van der Waals surface area (Å²) in [6.45, 7) is 9.26. The number of ether oxygens (including phenoxy) is 1. The molecule has 13 nitrogen and oxygen atoms in total. The number of nitrogens with zero attached hydrogens (tertiary/aromatic N) is 5. The van der Waals surface area contributed by atoms with Gasteiger partial charge in [-0.15, -0.1) is 0 Å². The van der Waals surface area contributed by atoms with Crippen molar-refractivity contribution in [2.24, 2.45) is 0 Å². The quantitative estimate of drug-likeness (QED) is 0.357. The maximum Gasteiger partial charge on any atom is 0.410 e. The van der Waals surface area contributed by atoms with Crippen LogP contribution in [0, 0.1) is 6.92 Å². The number of aromatic hydroxyl groups is 1. The number of nitrogens with one attached hydrogen (secondary N) is 1. The number of carbonyl (C=O) groups excluding carboxylic acids is 3. The van der Waals surface area contributed by atoms with Gasteiger partial charge in [-0.2, -0.15) is 0 Å². The number of carboxylic acid groups (broad SMARTS) is 1. The molecule has 2 aromatic carbocycles. The van der Waals surface area contributed by atoms with Gasteiger partial charge in [-0.25, -0.2) is 9.59 Å². The molecule has 0 aromatic heterocycles. The van der Waals surface area contributed by atoms with Crippen molar-refractivity contribution < 1.29 is 34.1 Å². The van der Waals surface area contributed by atoms with E-state index < -0.39 is 18.2 Å². The van der Waals surface area contributed by atoms with Gasteiger partial charge in [0.25, 0.3) is 5.91 Å². The molecule has 4 heterocycles. The number of carbonyl (C=O) groups is 4. The summed E-state index contributed by atoms with van der Waals surface area (Å²) < 4.78 is 6.08. The fourth-order valence-corrected chi connectivity index (χ4v) is 8.15. The number of piperazine rings is 1. The number of benzene rings is 2. The summed E-state index contributed by atoms with van der Waals surface area (Å²) in [5.41, 5.74) is 4.28. The second-order valence-corrected chi connectivity index (χ2v) is 14.4. The van der Waals surface area contributed by atoms with Crippen molar-refractivity contribution in [2.45, 2.75) is 77.0 Å². The van der Waals surface area contributed by atoms with Gasteiger partial charge in [0, 0.05) is 83.1 Å². The lowest BCUT2D eigenvalue weighted by molar-refractivity contribution is -0.143. The zero-order chi connectivity index (χ0) is 36.1. The number of fused-ring (bicyclic) bond motifs is 1. The zero-order valence-electron chi connectivity index (χ0n) is 29.9. The van der Waals surface area contributed by atoms with E-state index in [1.54, 1.807) is 9.80 Å². The first kappa shape index (κ1) is 36.4. The van der Waals surface area contributed by atoms with Crippen LogP contribution in [-0.4, -0.2) is 142 Å². The Hall–Kier alpha value is -4.36. The number of hydrogen-bond acceptors (Lipinski definition) is 8. The van der Waals surface area contributed by atoms with E-state index >= 15 is 0 Å². The van der Waals surface area contributed by atoms with Crippen molar-refractivity contribution in [3.63, 3.8) is 0 Å². The summed E-state index contributed by atoms with van der Waals surface area (Å²) in [7, 11) is 0. The second kappa shape index (κ2) is 16.3. The van der Waals surface area contributed by atoms with Crippen LogP contribution in [0.4, 0.5) is 15.3 Å². The Morgan fingerprint density at radius 2 is 1.59 bits per heavy atom. The molecule has 0 aliphatic carbocycles. The monoisotopic (exact) mass is 704 g/mol. The molecule has 3 fully saturated rings. The Bertz CT molecular complexity index is 1580. The van der Waals surface area contributed by atoms with E-state index in [9.17, 15) is 24.3 Å². The highest BCUT2D eigenvalue weighted by atomic mass is 16.6. The smallest absolute Gasteiger partial charge is 0.410 e. The van der Waals surface area contributed by atoms with Crippen LogP contribution in [0.2, 0.25) is 0 Å². The molecule has 4 amide bonds. The molecule has 13 heteroatoms. The number of hydrogen-bond donors (Lipinski definition) is 3. The molecule has 2 aromatic rings. The lowest BCUT2D eigenvalue weighted by Crippen LogP contribution is -2.56. The number of carboxylic acids is 1. The summed E-state index contributed by atoms with van der Waals surface area (Å²) in [6, 6.07) is 11.8. The predicted molar refractivity (Wildman–Crippen MR) is 192 cm³/mol. The fourth-order valence-electron chi connectivity index (χ4n) is 8.15. The third-order valence-electron chi connectivity index (χ3n) is 11.1. The van der Waals surface area contributed by atoms with Crippen LogP contribution >= 0.6 is 0 Å². The van der Waals surface area contributed by atoms with Gasteiger partial charge in [-0.1, -0.05) is 37.3 Å². The number of rotatable bonds is 9. The predicted octanol–water partition coefficient (Wildman–Crippen LogP) is 3.56. The molecule has 0 bridgehead atoms. The molecule has 0 saturated carbocycles. The fraction of sp³-hybridized carbons (Fsp3) is 0.579. The number of phenolic OH excluding ortho intramolecular Hbond substituents is 1. The van der Waals surface area contributed by atoms with Crippen molar-refractivity contribution >= 4 is 29.7 Å². The molecule has 4 aliphatic heterocycles. The molecule has 4 aliphatic rings. The molecule has 6 rings (SSSR count). The Morgan fingerprint density at radius 3 is 2.27 bits per heavy atom. The lowest BCUT2D eigenvalue weighted by atomic mass is 9.98. The third-order valence-corrected chi connectivity index (χ3v) is 11.1. The first-order valence-electron chi connectivity index (χ1n) is 18.5. The largest absolute Gasteiger partial charge is 0.507 e. The summed E-state index contributed by atoms with van der Waals surface area (Å²) in [4.78, 5) is 61.7. The summed E-state index contributed by atoms with van der Waals surface area (Å²) >= 11 is 0. The number of piperidine rings is 2. The number of anilines is 1. The normalized spacial score (nSPS) is 20.4. The van der Waals surface area contributed by atoms with Gasteiger partial charge in [0.15, 0.2) is 6.10 Å². The number of amides is 4. The van der Waals surface area contributed by atoms with Gasteiger partial charge < -0.3 is 35.0 Å². The molecular formula is C38H52N6O7. The van der Waals surface area contributed by atoms with E-state index in [-0.39, 0.29) is 36.7 Å². The van der Waals surface area contributed by atoms with Crippen LogP contribution in [0.3, 0.4) is 0 Å². The van der Waals surface area contributed by atoms with Gasteiger partial charge in [0.1, 0.15) is 5.75 Å². The molecule has 276 valence electrons. The van der Waals surface area contributed by atoms with Crippen LogP contribution in [-0.2, 0) is 33.6 Å². The Labute approximate surface area is 300 Å². The maximum absolute atomic E-state index is 14.1. The molecule has 3 N–H and O–H groups in total. The molecule has 51 heavy (non-hydrogen) atoms. The molecule has 1 unspecified atom stereocenters. The van der Waals surface area contributed by atoms with E-state index in [0.29, 0.717) is 76.7 Å². The average Bonchev–Trinajstić information content (AvgIpc) is 3.30. The number of aryl methyl sites for hydroxylation is 2. The Morgan fingerprint density at radius 1 is 0.902 bits per heavy atom. The van der Waals surface area contributed by atoms with Crippen molar-refractivity contribution in [1.29, 1.82) is 0 Å². The van der Waals surface area contributed by atoms with Gasteiger partial charge in [0.05, 0.1) is 6.54 Å². The molecule has 0 radical (unpaired) electrons. The van der Waals surface area contributed by atoms with Gasteiger partial charge >= 0.3 is 18.1 Å². The van der Waals surface area contributed by atoms with Crippen LogP contribution < -0.4 is 5.32 Å². The number of likely N-dealkylation sites (tertiary alicyclic amines) is 2. The minimum absolute atomic E-state index is 0.00562. The van der Waals surface area contributed by atoms with E-state index in [0.717, 1.165) is 54.7 Å². The third kappa shape index (κ3) is 8.75. The number of aliphatic carboxylic acids is 1. The van der Waals surface area contributed by atoms with E-state index in [1.165, 1.54) is 0 Å². The SMILES string of the molecule is CCc1cc(CC(OC(=O)N2CCC(N3CCc4ccccc4NC3=O)CC2)C(=O)N2CCN(C3CCN(CC(=O)O)CC3)CC2)cc(C)c1O.